The van der Waals surface area contributed by atoms with Gasteiger partial charge in [-0.2, -0.15) is 10.2 Å². The number of aromatic nitrogens is 9. The fraction of sp³-hybridized carbons (Fsp3) is 0.400. The third kappa shape index (κ3) is 6.27. The Balaban J connectivity index is 0.966. The zero-order valence-electron chi connectivity index (χ0n) is 38.2. The largest absolute Gasteiger partial charge is 0.438 e. The molecule has 1 N–H and O–H groups in total. The van der Waals surface area contributed by atoms with Gasteiger partial charge in [-0.05, 0) is 105 Å². The maximum atomic E-state index is 16.2. The molecule has 3 aromatic carbocycles. The number of fused-ring (bicyclic) bond motifs is 6. The molecule has 5 aliphatic rings. The van der Waals surface area contributed by atoms with Gasteiger partial charge in [0.05, 0.1) is 59.6 Å². The highest BCUT2D eigenvalue weighted by Gasteiger charge is 2.50. The van der Waals surface area contributed by atoms with Crippen LogP contribution in [0.1, 0.15) is 107 Å². The van der Waals surface area contributed by atoms with Crippen LogP contribution < -0.4 is 11.4 Å². The van der Waals surface area contributed by atoms with E-state index in [1.807, 2.05) is 11.0 Å². The fourth-order valence-electron chi connectivity index (χ4n) is 12.1. The normalized spacial score (nSPS) is 23.8. The number of hydrogen-bond donors (Lipinski definition) is 1. The van der Waals surface area contributed by atoms with E-state index in [1.165, 1.54) is 40.5 Å². The number of aromatic amines is 1. The number of nitrogens with zero attached hydrogens (tertiary/aromatic N) is 9. The first kappa shape index (κ1) is 42.1. The average molecular weight is 941 g/mol. The van der Waals surface area contributed by atoms with E-state index < -0.39 is 35.2 Å². The van der Waals surface area contributed by atoms with E-state index >= 15 is 18.0 Å². The Hall–Kier alpha value is -6.99. The third-order valence-electron chi connectivity index (χ3n) is 15.7. The second kappa shape index (κ2) is 15.0. The van der Waals surface area contributed by atoms with Gasteiger partial charge in [-0.3, -0.25) is 28.1 Å². The molecule has 4 fully saturated rings. The molecule has 8 heterocycles. The molecule has 69 heavy (non-hydrogen) atoms. The van der Waals surface area contributed by atoms with Gasteiger partial charge in [0.2, 0.25) is 0 Å². The van der Waals surface area contributed by atoms with E-state index in [0.29, 0.717) is 58.5 Å². The second-order valence-electron chi connectivity index (χ2n) is 19.9. The number of carbonyl (C=O) groups is 1. The zero-order chi connectivity index (χ0) is 47.4. The van der Waals surface area contributed by atoms with E-state index in [2.05, 4.69) is 44.9 Å². The van der Waals surface area contributed by atoms with Crippen molar-refractivity contribution in [2.24, 2.45) is 13.0 Å². The molecule has 2 bridgehead atoms. The Morgan fingerprint density at radius 1 is 0.971 bits per heavy atom. The summed E-state index contributed by atoms with van der Waals surface area (Å²) in [4.78, 5) is 47.6. The smallest absolute Gasteiger partial charge is 0.377 e. The number of hydrogen-bond acceptors (Lipinski definition) is 9. The number of carbonyl (C=O) groups excluding carboxylic acids is 1. The number of nitrogens with one attached hydrogen (secondary N) is 1. The Labute approximate surface area is 390 Å². The fourth-order valence-corrected chi connectivity index (χ4v) is 12.1. The molecule has 5 aromatic heterocycles. The lowest BCUT2D eigenvalue weighted by molar-refractivity contribution is -0.0442. The third-order valence-corrected chi connectivity index (χ3v) is 15.7. The molecule has 0 radical (unpaired) electrons. The topological polar surface area (TPSA) is 165 Å². The first-order valence-corrected chi connectivity index (χ1v) is 23.5. The van der Waals surface area contributed by atoms with Crippen molar-refractivity contribution in [1.29, 1.82) is 0 Å². The number of imidazole rings is 1. The monoisotopic (exact) mass is 940 g/mol. The summed E-state index contributed by atoms with van der Waals surface area (Å²) in [5.74, 6) is -2.03. The Morgan fingerprint density at radius 3 is 2.52 bits per heavy atom. The highest BCUT2D eigenvalue weighted by molar-refractivity contribution is 6.00. The summed E-state index contributed by atoms with van der Waals surface area (Å²) in [5, 5.41) is 14.1. The first-order valence-electron chi connectivity index (χ1n) is 23.5. The van der Waals surface area contributed by atoms with Crippen molar-refractivity contribution >= 4 is 27.7 Å². The molecule has 2 saturated carbocycles. The van der Waals surface area contributed by atoms with Crippen molar-refractivity contribution in [3.63, 3.8) is 0 Å². The lowest BCUT2D eigenvalue weighted by Crippen LogP contribution is -2.55. The molecule has 3 aliphatic heterocycles. The number of rotatable bonds is 7. The number of benzene rings is 3. The van der Waals surface area contributed by atoms with Gasteiger partial charge in [0.15, 0.2) is 17.5 Å². The number of aryl methyl sites for hydroxylation is 3. The highest BCUT2D eigenvalue weighted by Crippen LogP contribution is 2.53. The molecule has 354 valence electrons. The number of morpholine rings is 1. The summed E-state index contributed by atoms with van der Waals surface area (Å²) in [6.07, 6.45) is 8.99. The van der Waals surface area contributed by atoms with Crippen molar-refractivity contribution in [1.82, 2.24) is 48.3 Å². The molecule has 1 amide bonds. The minimum Gasteiger partial charge on any atom is -0.377 e. The zero-order valence-corrected chi connectivity index (χ0v) is 38.2. The van der Waals surface area contributed by atoms with Crippen molar-refractivity contribution < 1.29 is 32.0 Å². The molecule has 6 atom stereocenters. The predicted molar refractivity (Wildman–Crippen MR) is 244 cm³/mol. The minimum absolute atomic E-state index is 0.0290. The molecule has 2 saturated heterocycles. The minimum atomic E-state index is -0.833. The van der Waals surface area contributed by atoms with Crippen LogP contribution in [0.25, 0.3) is 39.0 Å². The lowest BCUT2D eigenvalue weighted by Gasteiger charge is -2.46. The van der Waals surface area contributed by atoms with Gasteiger partial charge in [0, 0.05) is 67.0 Å². The number of halogens is 3. The van der Waals surface area contributed by atoms with Crippen LogP contribution in [-0.2, 0) is 22.9 Å². The van der Waals surface area contributed by atoms with Crippen LogP contribution >= 0.6 is 0 Å². The Kier molecular flexibility index (Phi) is 9.16. The van der Waals surface area contributed by atoms with Crippen LogP contribution in [0.15, 0.2) is 75.2 Å². The van der Waals surface area contributed by atoms with E-state index in [0.717, 1.165) is 47.2 Å². The SMILES string of the molecule is Cc1cc(-n2nc3c(c2-n2ccn(-c4cc(F)c5c(cnn5C)c4F)c2=O)[C@@H]2COC[C@H](C3)N2C(=O)c2cc3cc(C4CCOC5(CC5)C4)ccc3n2C2C[C@H](C)[C@@H]2c2noc(=O)[nH]2)cc(C)c1F. The molecule has 16 nitrogen and oxygen atoms in total. The lowest BCUT2D eigenvalue weighted by atomic mass is 9.69. The second-order valence-corrected chi connectivity index (χ2v) is 19.9. The molecule has 2 aliphatic carbocycles. The van der Waals surface area contributed by atoms with Gasteiger partial charge in [-0.25, -0.2) is 27.4 Å². The van der Waals surface area contributed by atoms with Crippen molar-refractivity contribution in [2.75, 3.05) is 19.8 Å². The Morgan fingerprint density at radius 2 is 1.77 bits per heavy atom. The van der Waals surface area contributed by atoms with Crippen LogP contribution in [0, 0.1) is 37.2 Å². The quantitative estimate of drug-likeness (QED) is 0.173. The van der Waals surface area contributed by atoms with Gasteiger partial charge >= 0.3 is 11.4 Å². The maximum absolute atomic E-state index is 16.2. The van der Waals surface area contributed by atoms with Crippen LogP contribution in [0.3, 0.4) is 0 Å². The summed E-state index contributed by atoms with van der Waals surface area (Å²) in [6, 6.07) is 11.2. The van der Waals surface area contributed by atoms with Crippen LogP contribution in [0.4, 0.5) is 13.2 Å². The standard InChI is InChI=1S/C50H47F3N10O6/c1-24-15-36(40(24)45-55-48(65)69-57-45)62-35-6-5-27(28-7-12-68-50(20-28)8-9-50)16-29(35)17-38(62)47(64)61-31-18-34-41(39(61)23-67-22-31)46(63(56-34)30-13-25(2)42(52)26(3)14-30)60-11-10-59(49(60)66)37-19-33(51)44-32(43(37)53)21-54-58(44)4/h5-6,10-11,13-14,16-17,19,21,24,28,31,36,39-40H,7-9,12,15,18,20,22-23H2,1-4H3,(H,55,57,65)/t24-,28?,31-,36?,39-,40-/m0/s1. The number of amides is 1. The summed E-state index contributed by atoms with van der Waals surface area (Å²) in [5.41, 5.74) is 3.70. The first-order chi connectivity index (χ1) is 33.3. The molecule has 2 unspecified atom stereocenters. The van der Waals surface area contributed by atoms with Gasteiger partial charge < -0.3 is 18.9 Å². The summed E-state index contributed by atoms with van der Waals surface area (Å²) < 4.78 is 71.7. The van der Waals surface area contributed by atoms with Gasteiger partial charge in [0.25, 0.3) is 5.91 Å². The molecular weight excluding hydrogens is 894 g/mol. The van der Waals surface area contributed by atoms with Crippen LogP contribution in [-0.4, -0.2) is 85.7 Å². The van der Waals surface area contributed by atoms with E-state index in [-0.39, 0.29) is 77.2 Å². The predicted octanol–water partition coefficient (Wildman–Crippen LogP) is 7.30. The Bertz CT molecular complexity index is 3570. The average Bonchev–Trinajstić information content (AvgIpc) is 3.85. The van der Waals surface area contributed by atoms with Gasteiger partial charge in [-0.15, -0.1) is 0 Å². The molecule has 19 heteroatoms. The van der Waals surface area contributed by atoms with Crippen molar-refractivity contribution in [2.45, 2.75) is 94.9 Å². The molecular formula is C50H47F3N10O6. The van der Waals surface area contributed by atoms with Gasteiger partial charge in [-0.1, -0.05) is 18.1 Å². The molecule has 1 spiro atoms. The number of H-pyrrole nitrogens is 1. The van der Waals surface area contributed by atoms with Crippen LogP contribution in [0.5, 0.6) is 0 Å². The molecule has 8 aromatic rings. The summed E-state index contributed by atoms with van der Waals surface area (Å²) in [6.45, 7) is 6.37. The van der Waals surface area contributed by atoms with E-state index in [9.17, 15) is 9.59 Å². The molecule has 13 rings (SSSR count). The highest BCUT2D eigenvalue weighted by atomic mass is 19.1. The van der Waals surface area contributed by atoms with E-state index in [4.69, 9.17) is 19.1 Å². The van der Waals surface area contributed by atoms with Crippen molar-refractivity contribution in [3.05, 3.63) is 139 Å². The van der Waals surface area contributed by atoms with E-state index in [1.54, 1.807) is 30.7 Å². The van der Waals surface area contributed by atoms with Crippen LogP contribution in [0.2, 0.25) is 0 Å². The maximum Gasteiger partial charge on any atom is 0.438 e. The summed E-state index contributed by atoms with van der Waals surface area (Å²) in [7, 11) is 1.50. The number of ether oxygens (including phenoxy) is 2. The van der Waals surface area contributed by atoms with Crippen molar-refractivity contribution in [3.8, 4) is 17.2 Å². The summed E-state index contributed by atoms with van der Waals surface area (Å²) >= 11 is 0. The van der Waals surface area contributed by atoms with Gasteiger partial charge in [0.1, 0.15) is 22.8 Å².